The quantitative estimate of drug-likeness (QED) is 0.781. The van der Waals surface area contributed by atoms with Crippen molar-refractivity contribution in [1.82, 2.24) is 20.6 Å². The molecule has 0 spiro atoms. The first-order chi connectivity index (χ1) is 10.5. The van der Waals surface area contributed by atoms with Crippen LogP contribution in [0.2, 0.25) is 0 Å². The van der Waals surface area contributed by atoms with E-state index >= 15 is 0 Å². The van der Waals surface area contributed by atoms with Gasteiger partial charge in [-0.3, -0.25) is 9.59 Å². The summed E-state index contributed by atoms with van der Waals surface area (Å²) in [5.74, 6) is -0.767. The number of aryl methyl sites for hydroxylation is 2. The summed E-state index contributed by atoms with van der Waals surface area (Å²) >= 11 is 0. The van der Waals surface area contributed by atoms with Crippen LogP contribution in [-0.4, -0.2) is 35.9 Å². The highest BCUT2D eigenvalue weighted by atomic mass is 19.1. The van der Waals surface area contributed by atoms with E-state index in [0.717, 1.165) is 0 Å². The standard InChI is InChI=1S/C15H19FN4O2/c1-8-10(16)7-11-13(19-8)9(5-4-6-12(21)17-2)14(20-11)15(22)18-3/h7,20H,4-6H2,1-3H3,(H,17,21)(H,18,22). The lowest BCUT2D eigenvalue weighted by atomic mass is 10.1. The fourth-order valence-electron chi connectivity index (χ4n) is 2.35. The van der Waals surface area contributed by atoms with Crippen molar-refractivity contribution in [3.63, 3.8) is 0 Å². The minimum atomic E-state index is -0.422. The Morgan fingerprint density at radius 1 is 1.32 bits per heavy atom. The van der Waals surface area contributed by atoms with Crippen molar-refractivity contribution in [2.45, 2.75) is 26.2 Å². The van der Waals surface area contributed by atoms with Gasteiger partial charge in [-0.1, -0.05) is 0 Å². The van der Waals surface area contributed by atoms with Gasteiger partial charge >= 0.3 is 0 Å². The van der Waals surface area contributed by atoms with Crippen molar-refractivity contribution >= 4 is 22.8 Å². The zero-order valence-corrected chi connectivity index (χ0v) is 12.8. The molecule has 6 nitrogen and oxygen atoms in total. The molecule has 0 radical (unpaired) electrons. The van der Waals surface area contributed by atoms with E-state index in [9.17, 15) is 14.0 Å². The first-order valence-corrected chi connectivity index (χ1v) is 7.08. The number of hydrogen-bond donors (Lipinski definition) is 3. The summed E-state index contributed by atoms with van der Waals surface area (Å²) in [5, 5.41) is 5.11. The van der Waals surface area contributed by atoms with E-state index in [1.807, 2.05) is 0 Å². The van der Waals surface area contributed by atoms with E-state index in [2.05, 4.69) is 20.6 Å². The third-order valence-corrected chi connectivity index (χ3v) is 3.56. The monoisotopic (exact) mass is 306 g/mol. The smallest absolute Gasteiger partial charge is 0.267 e. The minimum absolute atomic E-state index is 0.0588. The Morgan fingerprint density at radius 2 is 2.05 bits per heavy atom. The molecule has 118 valence electrons. The lowest BCUT2D eigenvalue weighted by Crippen LogP contribution is -2.20. The van der Waals surface area contributed by atoms with Gasteiger partial charge in [0.1, 0.15) is 11.5 Å². The largest absolute Gasteiger partial charge is 0.359 e. The molecular formula is C15H19FN4O2. The summed E-state index contributed by atoms with van der Waals surface area (Å²) in [6.45, 7) is 1.58. The molecule has 0 atom stereocenters. The second kappa shape index (κ2) is 6.55. The van der Waals surface area contributed by atoms with E-state index in [1.54, 1.807) is 14.0 Å². The molecule has 0 saturated heterocycles. The average molecular weight is 306 g/mol. The topological polar surface area (TPSA) is 86.9 Å². The maximum absolute atomic E-state index is 13.6. The SMILES string of the molecule is CNC(=O)CCCc1c(C(=O)NC)[nH]c2cc(F)c(C)nc12. The molecule has 2 amide bonds. The van der Waals surface area contributed by atoms with Crippen LogP contribution in [0.15, 0.2) is 6.07 Å². The molecule has 2 aromatic heterocycles. The van der Waals surface area contributed by atoms with Gasteiger partial charge in [0.15, 0.2) is 0 Å². The number of H-pyrrole nitrogens is 1. The number of amides is 2. The summed E-state index contributed by atoms with van der Waals surface area (Å²) in [4.78, 5) is 30.5. The molecule has 3 N–H and O–H groups in total. The Balaban J connectivity index is 2.41. The number of hydrogen-bond acceptors (Lipinski definition) is 3. The number of aromatic amines is 1. The Hall–Kier alpha value is -2.44. The van der Waals surface area contributed by atoms with Crippen LogP contribution in [0, 0.1) is 12.7 Å². The molecule has 0 aromatic carbocycles. The number of aromatic nitrogens is 2. The Kier molecular flexibility index (Phi) is 4.75. The first kappa shape index (κ1) is 15.9. The summed E-state index contributed by atoms with van der Waals surface area (Å²) in [6.07, 6.45) is 1.44. The van der Waals surface area contributed by atoms with Crippen molar-refractivity contribution in [3.05, 3.63) is 28.8 Å². The predicted octanol–water partition coefficient (Wildman–Crippen LogP) is 1.44. The van der Waals surface area contributed by atoms with Crippen LogP contribution < -0.4 is 10.6 Å². The third-order valence-electron chi connectivity index (χ3n) is 3.56. The minimum Gasteiger partial charge on any atom is -0.359 e. The number of carbonyl (C=O) groups is 2. The molecule has 0 saturated carbocycles. The summed E-state index contributed by atoms with van der Waals surface area (Å²) in [6, 6.07) is 1.34. The highest BCUT2D eigenvalue weighted by Gasteiger charge is 2.19. The van der Waals surface area contributed by atoms with E-state index in [4.69, 9.17) is 0 Å². The van der Waals surface area contributed by atoms with Gasteiger partial charge in [0.05, 0.1) is 16.7 Å². The molecule has 2 rings (SSSR count). The normalized spacial score (nSPS) is 10.7. The fraction of sp³-hybridized carbons (Fsp3) is 0.400. The number of nitrogens with one attached hydrogen (secondary N) is 3. The zero-order valence-electron chi connectivity index (χ0n) is 12.8. The van der Waals surface area contributed by atoms with Gasteiger partial charge in [0, 0.05) is 32.1 Å². The molecule has 7 heteroatoms. The highest BCUT2D eigenvalue weighted by Crippen LogP contribution is 2.24. The van der Waals surface area contributed by atoms with Crippen molar-refractivity contribution in [2.75, 3.05) is 14.1 Å². The van der Waals surface area contributed by atoms with Gasteiger partial charge < -0.3 is 15.6 Å². The van der Waals surface area contributed by atoms with Crippen LogP contribution in [-0.2, 0) is 11.2 Å². The van der Waals surface area contributed by atoms with Gasteiger partial charge in [-0.25, -0.2) is 9.37 Å². The number of rotatable bonds is 5. The predicted molar refractivity (Wildman–Crippen MR) is 81.2 cm³/mol. The van der Waals surface area contributed by atoms with Crippen LogP contribution in [0.4, 0.5) is 4.39 Å². The Morgan fingerprint density at radius 3 is 2.68 bits per heavy atom. The first-order valence-electron chi connectivity index (χ1n) is 7.08. The average Bonchev–Trinajstić information content (AvgIpc) is 2.84. The second-order valence-corrected chi connectivity index (χ2v) is 5.04. The number of halogens is 1. The number of fused-ring (bicyclic) bond motifs is 1. The van der Waals surface area contributed by atoms with Crippen molar-refractivity contribution < 1.29 is 14.0 Å². The molecule has 0 unspecified atom stereocenters. The summed E-state index contributed by atoms with van der Waals surface area (Å²) in [7, 11) is 3.11. The lowest BCUT2D eigenvalue weighted by molar-refractivity contribution is -0.120. The second-order valence-electron chi connectivity index (χ2n) is 5.04. The summed E-state index contributed by atoms with van der Waals surface area (Å²) in [5.41, 5.74) is 2.42. The van der Waals surface area contributed by atoms with E-state index < -0.39 is 5.82 Å². The van der Waals surface area contributed by atoms with Gasteiger partial charge in [-0.2, -0.15) is 0 Å². The molecule has 2 aromatic rings. The molecule has 2 heterocycles. The maximum atomic E-state index is 13.6. The lowest BCUT2D eigenvalue weighted by Gasteiger charge is -2.04. The highest BCUT2D eigenvalue weighted by molar-refractivity contribution is 5.99. The van der Waals surface area contributed by atoms with Crippen molar-refractivity contribution in [3.8, 4) is 0 Å². The number of carbonyl (C=O) groups excluding carboxylic acids is 2. The van der Waals surface area contributed by atoms with Crippen LogP contribution in [0.5, 0.6) is 0 Å². The molecular weight excluding hydrogens is 287 g/mol. The zero-order chi connectivity index (χ0) is 16.3. The van der Waals surface area contributed by atoms with Gasteiger partial charge in [-0.05, 0) is 19.8 Å². The molecule has 0 aliphatic heterocycles. The fourth-order valence-corrected chi connectivity index (χ4v) is 2.35. The number of nitrogens with zero attached hydrogens (tertiary/aromatic N) is 1. The number of pyridine rings is 1. The van der Waals surface area contributed by atoms with Crippen LogP contribution in [0.3, 0.4) is 0 Å². The Labute approximate surface area is 127 Å². The van der Waals surface area contributed by atoms with Crippen molar-refractivity contribution in [2.24, 2.45) is 0 Å². The van der Waals surface area contributed by atoms with Crippen LogP contribution in [0.25, 0.3) is 11.0 Å². The van der Waals surface area contributed by atoms with Gasteiger partial charge in [0.25, 0.3) is 5.91 Å². The molecule has 0 aliphatic rings. The Bertz CT molecular complexity index is 724. The van der Waals surface area contributed by atoms with Gasteiger partial charge in [0.2, 0.25) is 5.91 Å². The third kappa shape index (κ3) is 3.08. The molecule has 0 aliphatic carbocycles. The van der Waals surface area contributed by atoms with Crippen molar-refractivity contribution in [1.29, 1.82) is 0 Å². The van der Waals surface area contributed by atoms with E-state index in [-0.39, 0.29) is 17.5 Å². The van der Waals surface area contributed by atoms with Crippen LogP contribution in [0.1, 0.15) is 34.6 Å². The summed E-state index contributed by atoms with van der Waals surface area (Å²) < 4.78 is 13.6. The molecule has 0 fully saturated rings. The molecule has 0 bridgehead atoms. The maximum Gasteiger partial charge on any atom is 0.267 e. The van der Waals surface area contributed by atoms with E-state index in [1.165, 1.54) is 13.1 Å². The van der Waals surface area contributed by atoms with E-state index in [0.29, 0.717) is 41.6 Å². The van der Waals surface area contributed by atoms with Crippen LogP contribution >= 0.6 is 0 Å². The van der Waals surface area contributed by atoms with Gasteiger partial charge in [-0.15, -0.1) is 0 Å². The molecule has 22 heavy (non-hydrogen) atoms.